The second kappa shape index (κ2) is 6.27. The number of nitrogens with zero attached hydrogens (tertiary/aromatic N) is 1. The summed E-state index contributed by atoms with van der Waals surface area (Å²) in [5.41, 5.74) is 2.36. The predicted octanol–water partition coefficient (Wildman–Crippen LogP) is 2.34. The van der Waals surface area contributed by atoms with E-state index in [0.717, 1.165) is 4.47 Å². The first-order valence-corrected chi connectivity index (χ1v) is 5.62. The van der Waals surface area contributed by atoms with E-state index in [9.17, 15) is 4.79 Å². The molecule has 1 unspecified atom stereocenters. The summed E-state index contributed by atoms with van der Waals surface area (Å²) >= 11 is 3.32. The highest BCUT2D eigenvalue weighted by Gasteiger charge is 2.13. The summed E-state index contributed by atoms with van der Waals surface area (Å²) in [5, 5.41) is 3.64. The Kier molecular flexibility index (Phi) is 4.98. The van der Waals surface area contributed by atoms with E-state index in [-0.39, 0.29) is 5.91 Å². The van der Waals surface area contributed by atoms with E-state index < -0.39 is 6.10 Å². The van der Waals surface area contributed by atoms with Gasteiger partial charge in [-0.1, -0.05) is 15.9 Å². The largest absolute Gasteiger partial charge is 0.481 e. The zero-order chi connectivity index (χ0) is 12.0. The Bertz CT molecular complexity index is 376. The minimum atomic E-state index is -0.579. The molecule has 5 heteroatoms. The summed E-state index contributed by atoms with van der Waals surface area (Å²) in [5.74, 6) is 0.368. The summed E-state index contributed by atoms with van der Waals surface area (Å²) < 4.78 is 6.39. The van der Waals surface area contributed by atoms with Crippen molar-refractivity contribution in [3.05, 3.63) is 28.7 Å². The van der Waals surface area contributed by atoms with Crippen LogP contribution >= 0.6 is 15.9 Å². The number of hydrogen-bond acceptors (Lipinski definition) is 3. The lowest BCUT2D eigenvalue weighted by atomic mass is 10.3. The first-order valence-electron chi connectivity index (χ1n) is 4.83. The van der Waals surface area contributed by atoms with E-state index in [1.807, 2.05) is 12.1 Å². The van der Waals surface area contributed by atoms with Gasteiger partial charge in [0.05, 0.1) is 0 Å². The van der Waals surface area contributed by atoms with Gasteiger partial charge in [-0.25, -0.2) is 5.43 Å². The molecule has 0 heterocycles. The van der Waals surface area contributed by atoms with Crippen LogP contribution in [0.1, 0.15) is 13.8 Å². The van der Waals surface area contributed by atoms with Crippen molar-refractivity contribution in [2.75, 3.05) is 0 Å². The lowest BCUT2D eigenvalue weighted by Gasteiger charge is -2.12. The molecule has 0 radical (unpaired) electrons. The van der Waals surface area contributed by atoms with Crippen LogP contribution in [0, 0.1) is 0 Å². The first-order chi connectivity index (χ1) is 7.63. The third kappa shape index (κ3) is 4.02. The predicted molar refractivity (Wildman–Crippen MR) is 66.5 cm³/mol. The van der Waals surface area contributed by atoms with E-state index in [1.54, 1.807) is 26.0 Å². The topological polar surface area (TPSA) is 50.7 Å². The average molecular weight is 285 g/mol. The number of hydrogen-bond donors (Lipinski definition) is 1. The second-order valence-electron chi connectivity index (χ2n) is 3.08. The fourth-order valence-electron chi connectivity index (χ4n) is 0.990. The van der Waals surface area contributed by atoms with Crippen LogP contribution in [0.4, 0.5) is 0 Å². The van der Waals surface area contributed by atoms with Crippen LogP contribution in [-0.4, -0.2) is 18.2 Å². The van der Waals surface area contributed by atoms with E-state index in [4.69, 9.17) is 4.74 Å². The van der Waals surface area contributed by atoms with Crippen LogP contribution < -0.4 is 10.2 Å². The average Bonchev–Trinajstić information content (AvgIpc) is 2.29. The SMILES string of the molecule is CC=NNC(=O)C(C)Oc1ccc(Br)cc1. The minimum absolute atomic E-state index is 0.277. The highest BCUT2D eigenvalue weighted by atomic mass is 79.9. The fourth-order valence-corrected chi connectivity index (χ4v) is 1.25. The molecule has 16 heavy (non-hydrogen) atoms. The summed E-state index contributed by atoms with van der Waals surface area (Å²) in [7, 11) is 0. The maximum atomic E-state index is 11.4. The van der Waals surface area contributed by atoms with E-state index in [2.05, 4.69) is 26.5 Å². The first kappa shape index (κ1) is 12.7. The second-order valence-corrected chi connectivity index (χ2v) is 3.99. The molecule has 0 fully saturated rings. The standard InChI is InChI=1S/C11H13BrN2O2/c1-3-13-14-11(15)8(2)16-10-6-4-9(12)5-7-10/h3-8H,1-2H3,(H,14,15). The molecule has 1 atom stereocenters. The number of halogens is 1. The lowest BCUT2D eigenvalue weighted by Crippen LogP contribution is -2.33. The molecule has 0 aliphatic rings. The van der Waals surface area contributed by atoms with Crippen molar-refractivity contribution in [2.45, 2.75) is 20.0 Å². The van der Waals surface area contributed by atoms with Gasteiger partial charge in [-0.2, -0.15) is 5.10 Å². The molecular formula is C11H13BrN2O2. The van der Waals surface area contributed by atoms with Gasteiger partial charge in [0.2, 0.25) is 0 Å². The van der Waals surface area contributed by atoms with Crippen molar-refractivity contribution in [3.8, 4) is 5.75 Å². The van der Waals surface area contributed by atoms with Crippen molar-refractivity contribution in [1.82, 2.24) is 5.43 Å². The van der Waals surface area contributed by atoms with Gasteiger partial charge in [-0.05, 0) is 38.1 Å². The molecule has 1 aromatic rings. The van der Waals surface area contributed by atoms with Crippen LogP contribution in [0.3, 0.4) is 0 Å². The highest BCUT2D eigenvalue weighted by Crippen LogP contribution is 2.17. The Labute approximate surface area is 103 Å². The van der Waals surface area contributed by atoms with Crippen LogP contribution in [0.2, 0.25) is 0 Å². The number of carbonyl (C=O) groups excluding carboxylic acids is 1. The Balaban J connectivity index is 2.53. The van der Waals surface area contributed by atoms with Gasteiger partial charge in [0.25, 0.3) is 5.91 Å². The van der Waals surface area contributed by atoms with Gasteiger partial charge in [0.15, 0.2) is 6.10 Å². The number of rotatable bonds is 4. The molecule has 0 bridgehead atoms. The third-order valence-electron chi connectivity index (χ3n) is 1.80. The Hall–Kier alpha value is -1.36. The van der Waals surface area contributed by atoms with E-state index in [0.29, 0.717) is 5.75 Å². The van der Waals surface area contributed by atoms with Gasteiger partial charge in [0, 0.05) is 10.7 Å². The number of ether oxygens (including phenoxy) is 1. The highest BCUT2D eigenvalue weighted by molar-refractivity contribution is 9.10. The van der Waals surface area contributed by atoms with Crippen molar-refractivity contribution < 1.29 is 9.53 Å². The molecule has 0 saturated heterocycles. The molecule has 86 valence electrons. The summed E-state index contributed by atoms with van der Waals surface area (Å²) in [6.07, 6.45) is 0.925. The molecule has 1 N–H and O–H groups in total. The van der Waals surface area contributed by atoms with Gasteiger partial charge in [-0.3, -0.25) is 4.79 Å². The summed E-state index contributed by atoms with van der Waals surface area (Å²) in [6, 6.07) is 7.28. The molecule has 0 aliphatic heterocycles. The van der Waals surface area contributed by atoms with Gasteiger partial charge >= 0.3 is 0 Å². The zero-order valence-electron chi connectivity index (χ0n) is 9.11. The van der Waals surface area contributed by atoms with Crippen molar-refractivity contribution >= 4 is 28.1 Å². The van der Waals surface area contributed by atoms with Crippen molar-refractivity contribution in [1.29, 1.82) is 0 Å². The lowest BCUT2D eigenvalue weighted by molar-refractivity contribution is -0.127. The molecule has 0 spiro atoms. The van der Waals surface area contributed by atoms with E-state index >= 15 is 0 Å². The molecule has 1 aromatic carbocycles. The van der Waals surface area contributed by atoms with Crippen LogP contribution in [0.15, 0.2) is 33.8 Å². The van der Waals surface area contributed by atoms with Gasteiger partial charge in [-0.15, -0.1) is 0 Å². The molecule has 0 aliphatic carbocycles. The normalized spacial score (nSPS) is 12.4. The van der Waals surface area contributed by atoms with Crippen LogP contribution in [0.25, 0.3) is 0 Å². The quantitative estimate of drug-likeness (QED) is 0.682. The third-order valence-corrected chi connectivity index (χ3v) is 2.33. The molecular weight excluding hydrogens is 272 g/mol. The summed E-state index contributed by atoms with van der Waals surface area (Å²) in [6.45, 7) is 3.39. The van der Waals surface area contributed by atoms with Crippen LogP contribution in [-0.2, 0) is 4.79 Å². The Morgan fingerprint density at radius 1 is 1.50 bits per heavy atom. The monoisotopic (exact) mass is 284 g/mol. The number of benzene rings is 1. The Morgan fingerprint density at radius 3 is 2.69 bits per heavy atom. The molecule has 1 rings (SSSR count). The molecule has 0 saturated carbocycles. The number of hydrazone groups is 1. The van der Waals surface area contributed by atoms with Crippen molar-refractivity contribution in [2.24, 2.45) is 5.10 Å². The van der Waals surface area contributed by atoms with Crippen molar-refractivity contribution in [3.63, 3.8) is 0 Å². The molecule has 4 nitrogen and oxygen atoms in total. The Morgan fingerprint density at radius 2 is 2.12 bits per heavy atom. The van der Waals surface area contributed by atoms with E-state index in [1.165, 1.54) is 6.21 Å². The molecule has 0 aromatic heterocycles. The smallest absolute Gasteiger partial charge is 0.280 e. The number of nitrogens with one attached hydrogen (secondary N) is 1. The molecule has 1 amide bonds. The maximum Gasteiger partial charge on any atom is 0.280 e. The number of amides is 1. The maximum absolute atomic E-state index is 11.4. The summed E-state index contributed by atoms with van der Waals surface area (Å²) in [4.78, 5) is 11.4. The van der Waals surface area contributed by atoms with Crippen LogP contribution in [0.5, 0.6) is 5.75 Å². The zero-order valence-corrected chi connectivity index (χ0v) is 10.7. The fraction of sp³-hybridized carbons (Fsp3) is 0.273. The van der Waals surface area contributed by atoms with Gasteiger partial charge < -0.3 is 4.74 Å². The minimum Gasteiger partial charge on any atom is -0.481 e. The number of carbonyl (C=O) groups is 1. The van der Waals surface area contributed by atoms with Gasteiger partial charge in [0.1, 0.15) is 5.75 Å².